The minimum Gasteiger partial charge on any atom is -0.356 e. The van der Waals surface area contributed by atoms with Gasteiger partial charge in [0.05, 0.1) is 0 Å². The molecule has 0 aromatic carbocycles. The van der Waals surface area contributed by atoms with Gasteiger partial charge in [0.2, 0.25) is 0 Å². The summed E-state index contributed by atoms with van der Waals surface area (Å²) in [5, 5.41) is 0. The molecule has 1 N–H and O–H groups in total. The van der Waals surface area contributed by atoms with Crippen LogP contribution in [-0.4, -0.2) is 23.1 Å². The van der Waals surface area contributed by atoms with E-state index in [1.54, 1.807) is 6.07 Å². The van der Waals surface area contributed by atoms with Crippen LogP contribution in [0.5, 0.6) is 0 Å². The molecule has 0 aliphatic heterocycles. The Hall–Kier alpha value is -1.32. The van der Waals surface area contributed by atoms with Crippen molar-refractivity contribution in [2.75, 3.05) is 18.0 Å². The van der Waals surface area contributed by atoms with Crippen LogP contribution in [0.25, 0.3) is 0 Å². The van der Waals surface area contributed by atoms with Crippen LogP contribution < -0.4 is 10.5 Å². The van der Waals surface area contributed by atoms with Crippen molar-refractivity contribution in [2.24, 2.45) is 5.92 Å². The van der Waals surface area contributed by atoms with Crippen LogP contribution in [0.1, 0.15) is 45.4 Å². The van der Waals surface area contributed by atoms with Crippen molar-refractivity contribution in [3.05, 3.63) is 22.2 Å². The number of aromatic nitrogens is 2. The third-order valence-corrected chi connectivity index (χ3v) is 3.00. The average molecular weight is 235 g/mol. The molecular formula is C13H21N3O. The van der Waals surface area contributed by atoms with Crippen LogP contribution in [0.15, 0.2) is 10.9 Å². The van der Waals surface area contributed by atoms with Crippen molar-refractivity contribution in [1.82, 2.24) is 9.97 Å². The minimum absolute atomic E-state index is 0.0286. The van der Waals surface area contributed by atoms with Crippen LogP contribution >= 0.6 is 0 Å². The molecule has 1 saturated carbocycles. The highest BCUT2D eigenvalue weighted by Gasteiger charge is 2.26. The van der Waals surface area contributed by atoms with Crippen LogP contribution in [0.4, 0.5) is 5.82 Å². The van der Waals surface area contributed by atoms with Crippen LogP contribution in [-0.2, 0) is 0 Å². The third kappa shape index (κ3) is 3.08. The largest absolute Gasteiger partial charge is 0.356 e. The van der Waals surface area contributed by atoms with E-state index >= 15 is 0 Å². The zero-order chi connectivity index (χ0) is 12.4. The van der Waals surface area contributed by atoms with E-state index < -0.39 is 0 Å². The molecule has 1 aliphatic rings. The molecule has 0 radical (unpaired) electrons. The topological polar surface area (TPSA) is 49.0 Å². The molecule has 0 spiro atoms. The Morgan fingerprint density at radius 2 is 2.24 bits per heavy atom. The van der Waals surface area contributed by atoms with E-state index in [0.29, 0.717) is 11.8 Å². The summed E-state index contributed by atoms with van der Waals surface area (Å²) in [6, 6.07) is 1.61. The lowest BCUT2D eigenvalue weighted by Crippen LogP contribution is -2.29. The molecule has 1 aromatic heterocycles. The van der Waals surface area contributed by atoms with Gasteiger partial charge in [0.15, 0.2) is 0 Å². The zero-order valence-corrected chi connectivity index (χ0v) is 10.9. The molecular weight excluding hydrogens is 214 g/mol. The van der Waals surface area contributed by atoms with Gasteiger partial charge < -0.3 is 9.88 Å². The van der Waals surface area contributed by atoms with Gasteiger partial charge in [-0.3, -0.25) is 4.79 Å². The molecule has 94 valence electrons. The normalized spacial score (nSPS) is 15.3. The maximum absolute atomic E-state index is 11.6. The van der Waals surface area contributed by atoms with Crippen molar-refractivity contribution in [3.8, 4) is 0 Å². The lowest BCUT2D eigenvalue weighted by atomic mass is 10.2. The number of hydrogen-bond acceptors (Lipinski definition) is 3. The first-order valence-corrected chi connectivity index (χ1v) is 6.46. The van der Waals surface area contributed by atoms with Gasteiger partial charge in [0, 0.05) is 25.1 Å². The number of H-pyrrole nitrogens is 1. The molecule has 1 aliphatic carbocycles. The third-order valence-electron chi connectivity index (χ3n) is 3.00. The van der Waals surface area contributed by atoms with Gasteiger partial charge >= 0.3 is 0 Å². The number of rotatable bonds is 5. The molecule has 0 saturated heterocycles. The fraction of sp³-hybridized carbons (Fsp3) is 0.692. The van der Waals surface area contributed by atoms with E-state index in [9.17, 15) is 4.79 Å². The SMILES string of the molecule is CCN(CC(C)C)c1cc(=O)[nH]c(C2CC2)n1. The first-order chi connectivity index (χ1) is 8.10. The van der Waals surface area contributed by atoms with Gasteiger partial charge in [-0.2, -0.15) is 0 Å². The van der Waals surface area contributed by atoms with Gasteiger partial charge in [-0.25, -0.2) is 4.98 Å². The minimum atomic E-state index is -0.0286. The quantitative estimate of drug-likeness (QED) is 0.850. The summed E-state index contributed by atoms with van der Waals surface area (Å²) < 4.78 is 0. The number of hydrogen-bond donors (Lipinski definition) is 1. The van der Waals surface area contributed by atoms with Crippen molar-refractivity contribution in [1.29, 1.82) is 0 Å². The van der Waals surface area contributed by atoms with Gasteiger partial charge in [0.25, 0.3) is 5.56 Å². The van der Waals surface area contributed by atoms with Gasteiger partial charge in [0.1, 0.15) is 11.6 Å². The number of nitrogens with one attached hydrogen (secondary N) is 1. The van der Waals surface area contributed by atoms with Crippen molar-refractivity contribution >= 4 is 5.82 Å². The number of anilines is 1. The summed E-state index contributed by atoms with van der Waals surface area (Å²) in [4.78, 5) is 21.2. The Labute approximate surface area is 102 Å². The molecule has 0 amide bonds. The van der Waals surface area contributed by atoms with Crippen molar-refractivity contribution in [2.45, 2.75) is 39.5 Å². The maximum atomic E-state index is 11.6. The van der Waals surface area contributed by atoms with E-state index in [1.165, 1.54) is 0 Å². The van der Waals surface area contributed by atoms with Gasteiger partial charge in [-0.05, 0) is 25.7 Å². The second kappa shape index (κ2) is 4.90. The van der Waals surface area contributed by atoms with Crippen molar-refractivity contribution < 1.29 is 0 Å². The molecule has 0 unspecified atom stereocenters. The number of aromatic amines is 1. The standard InChI is InChI=1S/C13H21N3O/c1-4-16(8-9(2)3)11-7-12(17)15-13(14-11)10-5-6-10/h7,9-10H,4-6,8H2,1-3H3,(H,14,15,17). The van der Waals surface area contributed by atoms with E-state index in [2.05, 4.69) is 35.6 Å². The van der Waals surface area contributed by atoms with Crippen LogP contribution in [0, 0.1) is 5.92 Å². The highest BCUT2D eigenvalue weighted by molar-refractivity contribution is 5.38. The zero-order valence-electron chi connectivity index (χ0n) is 10.9. The second-order valence-electron chi connectivity index (χ2n) is 5.20. The number of nitrogens with zero attached hydrogens (tertiary/aromatic N) is 2. The molecule has 4 nitrogen and oxygen atoms in total. The van der Waals surface area contributed by atoms with Gasteiger partial charge in [-0.15, -0.1) is 0 Å². The summed E-state index contributed by atoms with van der Waals surface area (Å²) in [6.45, 7) is 8.28. The molecule has 1 fully saturated rings. The van der Waals surface area contributed by atoms with E-state index in [-0.39, 0.29) is 5.56 Å². The maximum Gasteiger partial charge on any atom is 0.252 e. The van der Waals surface area contributed by atoms with E-state index in [0.717, 1.165) is 37.6 Å². The Morgan fingerprint density at radius 1 is 1.53 bits per heavy atom. The van der Waals surface area contributed by atoms with E-state index in [1.807, 2.05) is 0 Å². The summed E-state index contributed by atoms with van der Waals surface area (Å²) in [7, 11) is 0. The Balaban J connectivity index is 2.25. The molecule has 2 rings (SSSR count). The van der Waals surface area contributed by atoms with Crippen molar-refractivity contribution in [3.63, 3.8) is 0 Å². The summed E-state index contributed by atoms with van der Waals surface area (Å²) in [5.74, 6) is 2.75. The Morgan fingerprint density at radius 3 is 2.76 bits per heavy atom. The lowest BCUT2D eigenvalue weighted by Gasteiger charge is -2.24. The molecule has 1 heterocycles. The highest BCUT2D eigenvalue weighted by Crippen LogP contribution is 2.37. The lowest BCUT2D eigenvalue weighted by molar-refractivity contribution is 0.612. The monoisotopic (exact) mass is 235 g/mol. The Kier molecular flexibility index (Phi) is 3.50. The fourth-order valence-corrected chi connectivity index (χ4v) is 2.00. The highest BCUT2D eigenvalue weighted by atomic mass is 16.1. The average Bonchev–Trinajstić information content (AvgIpc) is 3.08. The molecule has 0 bridgehead atoms. The summed E-state index contributed by atoms with van der Waals surface area (Å²) >= 11 is 0. The summed E-state index contributed by atoms with van der Waals surface area (Å²) in [5.41, 5.74) is -0.0286. The summed E-state index contributed by atoms with van der Waals surface area (Å²) in [6.07, 6.45) is 2.31. The first-order valence-electron chi connectivity index (χ1n) is 6.46. The molecule has 17 heavy (non-hydrogen) atoms. The predicted octanol–water partition coefficient (Wildman–Crippen LogP) is 2.13. The van der Waals surface area contributed by atoms with Crippen LogP contribution in [0.3, 0.4) is 0 Å². The van der Waals surface area contributed by atoms with Gasteiger partial charge in [-0.1, -0.05) is 13.8 Å². The predicted molar refractivity (Wildman–Crippen MR) is 69.6 cm³/mol. The fourth-order valence-electron chi connectivity index (χ4n) is 2.00. The molecule has 1 aromatic rings. The molecule has 4 heteroatoms. The first kappa shape index (κ1) is 12.1. The molecule has 0 atom stereocenters. The van der Waals surface area contributed by atoms with Crippen LogP contribution in [0.2, 0.25) is 0 Å². The Bertz CT molecular complexity index is 435. The second-order valence-corrected chi connectivity index (χ2v) is 5.20. The van der Waals surface area contributed by atoms with E-state index in [4.69, 9.17) is 0 Å². The smallest absolute Gasteiger partial charge is 0.252 e.